The highest BCUT2D eigenvalue weighted by Gasteiger charge is 2.45. The highest BCUT2D eigenvalue weighted by molar-refractivity contribution is 6.32. The van der Waals surface area contributed by atoms with E-state index >= 15 is 0 Å². The van der Waals surface area contributed by atoms with Crippen LogP contribution in [0.1, 0.15) is 73.0 Å². The number of benzene rings is 2. The van der Waals surface area contributed by atoms with Gasteiger partial charge in [0.25, 0.3) is 5.91 Å². The Kier molecular flexibility index (Phi) is 6.45. The third-order valence-electron chi connectivity index (χ3n) is 6.91. The number of rotatable bonds is 4. The number of carbonyl (C=O) groups is 2. The minimum atomic E-state index is -0.582. The normalized spacial score (nSPS) is 18.2. The second-order valence-electron chi connectivity index (χ2n) is 9.67. The van der Waals surface area contributed by atoms with E-state index < -0.39 is 11.7 Å². The van der Waals surface area contributed by atoms with E-state index in [1.54, 1.807) is 6.92 Å². The number of likely N-dealkylation sites (tertiary alicyclic amines) is 1. The molecule has 33 heavy (non-hydrogen) atoms. The van der Waals surface area contributed by atoms with Crippen molar-refractivity contribution in [3.63, 3.8) is 0 Å². The van der Waals surface area contributed by atoms with E-state index in [1.165, 1.54) is 0 Å². The lowest BCUT2D eigenvalue weighted by atomic mass is 9.81. The standard InChI is InChI=1S/C27H32ClNO4/c1-16(2)20-8-6-7-9-22(20)32-19(5)26(31)29-12-10-27(11-13-29)15-21(30)24-18(4)25(28)17(3)14-23(24)33-27/h6-9,14,16,19H,10-13,15H2,1-5H3. The highest BCUT2D eigenvalue weighted by Crippen LogP contribution is 2.43. The maximum Gasteiger partial charge on any atom is 0.263 e. The van der Waals surface area contributed by atoms with Crippen molar-refractivity contribution in [2.45, 2.75) is 71.5 Å². The summed E-state index contributed by atoms with van der Waals surface area (Å²) in [7, 11) is 0. The van der Waals surface area contributed by atoms with Gasteiger partial charge in [0, 0.05) is 31.0 Å². The third kappa shape index (κ3) is 4.48. The lowest BCUT2D eigenvalue weighted by Crippen LogP contribution is -2.54. The van der Waals surface area contributed by atoms with Crippen LogP contribution in [0.4, 0.5) is 0 Å². The van der Waals surface area contributed by atoms with Gasteiger partial charge in [0.05, 0.1) is 12.0 Å². The molecular formula is C27H32ClNO4. The summed E-state index contributed by atoms with van der Waals surface area (Å²) in [5, 5.41) is 0.620. The molecule has 2 aliphatic heterocycles. The molecule has 1 spiro atoms. The Labute approximate surface area is 201 Å². The molecule has 0 radical (unpaired) electrons. The Morgan fingerprint density at radius 1 is 1.15 bits per heavy atom. The largest absolute Gasteiger partial charge is 0.486 e. The first-order valence-corrected chi connectivity index (χ1v) is 12.1. The van der Waals surface area contributed by atoms with Crippen molar-refractivity contribution in [3.05, 3.63) is 57.6 Å². The van der Waals surface area contributed by atoms with Crippen LogP contribution in [0.5, 0.6) is 11.5 Å². The summed E-state index contributed by atoms with van der Waals surface area (Å²) in [6.07, 6.45) is 0.955. The van der Waals surface area contributed by atoms with Crippen LogP contribution in [0, 0.1) is 13.8 Å². The van der Waals surface area contributed by atoms with Crippen LogP contribution in [0.15, 0.2) is 30.3 Å². The predicted octanol–water partition coefficient (Wildman–Crippen LogP) is 5.87. The Morgan fingerprint density at radius 2 is 1.82 bits per heavy atom. The molecule has 176 valence electrons. The molecule has 1 fully saturated rings. The summed E-state index contributed by atoms with van der Waals surface area (Å²) >= 11 is 6.36. The molecule has 5 nitrogen and oxygen atoms in total. The molecule has 0 bridgehead atoms. The predicted molar refractivity (Wildman–Crippen MR) is 130 cm³/mol. The van der Waals surface area contributed by atoms with Gasteiger partial charge in [0.15, 0.2) is 11.9 Å². The maximum atomic E-state index is 13.1. The van der Waals surface area contributed by atoms with E-state index in [9.17, 15) is 9.59 Å². The minimum Gasteiger partial charge on any atom is -0.486 e. The number of hydrogen-bond donors (Lipinski definition) is 0. The number of carbonyl (C=O) groups excluding carboxylic acids is 2. The number of nitrogens with zero attached hydrogens (tertiary/aromatic N) is 1. The molecule has 0 aromatic heterocycles. The van der Waals surface area contributed by atoms with Crippen molar-refractivity contribution in [3.8, 4) is 11.5 Å². The van der Waals surface area contributed by atoms with Gasteiger partial charge in [-0.15, -0.1) is 0 Å². The molecular weight excluding hydrogens is 438 g/mol. The molecule has 2 aromatic carbocycles. The maximum absolute atomic E-state index is 13.1. The van der Waals surface area contributed by atoms with E-state index in [1.807, 2.05) is 49.1 Å². The molecule has 0 saturated carbocycles. The Hall–Kier alpha value is -2.53. The Morgan fingerprint density at radius 3 is 2.48 bits per heavy atom. The number of ether oxygens (including phenoxy) is 2. The zero-order valence-corrected chi connectivity index (χ0v) is 20.8. The molecule has 2 aliphatic rings. The monoisotopic (exact) mass is 469 g/mol. The number of aryl methyl sites for hydroxylation is 1. The van der Waals surface area contributed by atoms with Gasteiger partial charge in [-0.3, -0.25) is 9.59 Å². The van der Waals surface area contributed by atoms with Crippen molar-refractivity contribution >= 4 is 23.3 Å². The van der Waals surface area contributed by atoms with E-state index in [2.05, 4.69) is 13.8 Å². The van der Waals surface area contributed by atoms with E-state index in [0.717, 1.165) is 22.4 Å². The van der Waals surface area contributed by atoms with Gasteiger partial charge < -0.3 is 14.4 Å². The van der Waals surface area contributed by atoms with Crippen LogP contribution in [0.3, 0.4) is 0 Å². The van der Waals surface area contributed by atoms with Gasteiger partial charge in [-0.1, -0.05) is 43.6 Å². The van der Waals surface area contributed by atoms with Gasteiger partial charge in [-0.05, 0) is 55.5 Å². The zero-order chi connectivity index (χ0) is 23.9. The van der Waals surface area contributed by atoms with E-state index in [-0.39, 0.29) is 11.7 Å². The smallest absolute Gasteiger partial charge is 0.263 e. The summed E-state index contributed by atoms with van der Waals surface area (Å²) in [5.74, 6) is 1.71. The van der Waals surface area contributed by atoms with Crippen LogP contribution in [0.2, 0.25) is 5.02 Å². The molecule has 2 aromatic rings. The fourth-order valence-corrected chi connectivity index (χ4v) is 5.13. The molecule has 6 heteroatoms. The number of Topliss-reactive ketones (excluding diaryl/α,β-unsaturated/α-hetero) is 1. The molecule has 0 N–H and O–H groups in total. The quantitative estimate of drug-likeness (QED) is 0.561. The lowest BCUT2D eigenvalue weighted by Gasteiger charge is -2.44. The van der Waals surface area contributed by atoms with Gasteiger partial charge >= 0.3 is 0 Å². The van der Waals surface area contributed by atoms with Crippen molar-refractivity contribution in [1.29, 1.82) is 0 Å². The fraction of sp³-hybridized carbons (Fsp3) is 0.481. The van der Waals surface area contributed by atoms with Gasteiger partial charge in [-0.2, -0.15) is 0 Å². The minimum absolute atomic E-state index is 0.0376. The molecule has 1 atom stereocenters. The average Bonchev–Trinajstić information content (AvgIpc) is 2.77. The summed E-state index contributed by atoms with van der Waals surface area (Å²) in [5.41, 5.74) is 2.81. The van der Waals surface area contributed by atoms with Crippen LogP contribution >= 0.6 is 11.6 Å². The third-order valence-corrected chi connectivity index (χ3v) is 7.49. The SMILES string of the molecule is Cc1cc2c(c(C)c1Cl)C(=O)CC1(CCN(C(=O)C(C)Oc3ccccc3C(C)C)CC1)O2. The van der Waals surface area contributed by atoms with Crippen LogP contribution in [-0.2, 0) is 4.79 Å². The number of hydrogen-bond acceptors (Lipinski definition) is 4. The topological polar surface area (TPSA) is 55.8 Å². The Balaban J connectivity index is 1.44. The number of halogens is 1. The van der Waals surface area contributed by atoms with Crippen molar-refractivity contribution in [1.82, 2.24) is 4.90 Å². The van der Waals surface area contributed by atoms with Crippen molar-refractivity contribution < 1.29 is 19.1 Å². The second-order valence-corrected chi connectivity index (χ2v) is 10.0. The summed E-state index contributed by atoms with van der Waals surface area (Å²) < 4.78 is 12.5. The summed E-state index contributed by atoms with van der Waals surface area (Å²) in [6, 6.07) is 9.73. The number of fused-ring (bicyclic) bond motifs is 1. The van der Waals surface area contributed by atoms with Crippen LogP contribution in [0.25, 0.3) is 0 Å². The number of ketones is 1. The first-order valence-electron chi connectivity index (χ1n) is 11.7. The summed E-state index contributed by atoms with van der Waals surface area (Å²) in [4.78, 5) is 28.0. The molecule has 0 aliphatic carbocycles. The number of amides is 1. The second kappa shape index (κ2) is 9.02. The lowest BCUT2D eigenvalue weighted by molar-refractivity contribution is -0.141. The van der Waals surface area contributed by atoms with Gasteiger partial charge in [-0.25, -0.2) is 0 Å². The number of para-hydroxylation sites is 1. The van der Waals surface area contributed by atoms with E-state index in [0.29, 0.717) is 54.6 Å². The highest BCUT2D eigenvalue weighted by atomic mass is 35.5. The van der Waals surface area contributed by atoms with Crippen LogP contribution in [-0.4, -0.2) is 41.4 Å². The molecule has 1 saturated heterocycles. The zero-order valence-electron chi connectivity index (χ0n) is 20.0. The molecule has 1 amide bonds. The average molecular weight is 470 g/mol. The van der Waals surface area contributed by atoms with Crippen molar-refractivity contribution in [2.24, 2.45) is 0 Å². The summed E-state index contributed by atoms with van der Waals surface area (Å²) in [6.45, 7) is 10.9. The molecule has 2 heterocycles. The molecule has 1 unspecified atom stereocenters. The number of piperidine rings is 1. The van der Waals surface area contributed by atoms with Gasteiger partial charge in [0.1, 0.15) is 17.1 Å². The Bertz CT molecular complexity index is 1090. The van der Waals surface area contributed by atoms with Crippen molar-refractivity contribution in [2.75, 3.05) is 13.1 Å². The fourth-order valence-electron chi connectivity index (χ4n) is 4.98. The van der Waals surface area contributed by atoms with E-state index in [4.69, 9.17) is 21.1 Å². The van der Waals surface area contributed by atoms with Crippen LogP contribution < -0.4 is 9.47 Å². The van der Waals surface area contributed by atoms with Gasteiger partial charge in [0.2, 0.25) is 0 Å². The first-order chi connectivity index (χ1) is 15.6. The first kappa shape index (κ1) is 23.6. The molecule has 4 rings (SSSR count).